The molecule has 3 atom stereocenters. The summed E-state index contributed by atoms with van der Waals surface area (Å²) in [7, 11) is 1.38. The van der Waals surface area contributed by atoms with Crippen molar-refractivity contribution in [2.45, 2.75) is 62.6 Å². The molecular formula is C21H27NO4. The molecule has 3 aliphatic rings. The maximum atomic E-state index is 12.6. The molecule has 0 N–H and O–H groups in total. The maximum Gasteiger partial charge on any atom is 0.410 e. The number of nitrogens with zero attached hydrogens (tertiary/aromatic N) is 1. The van der Waals surface area contributed by atoms with Crippen molar-refractivity contribution in [1.29, 1.82) is 0 Å². The molecule has 4 rings (SSSR count). The minimum atomic E-state index is -0.466. The molecule has 0 spiro atoms. The number of ether oxygens (including phenoxy) is 2. The number of carbonyl (C=O) groups excluding carboxylic acids is 2. The lowest BCUT2D eigenvalue weighted by Crippen LogP contribution is -2.47. The number of methoxy groups -OCH3 is 1. The van der Waals surface area contributed by atoms with E-state index in [2.05, 4.69) is 30.3 Å². The first-order valence-electron chi connectivity index (χ1n) is 9.75. The molecule has 1 unspecified atom stereocenters. The minimum absolute atomic E-state index is 0.00323. The van der Waals surface area contributed by atoms with Crippen LogP contribution in [-0.2, 0) is 14.3 Å². The normalized spacial score (nSPS) is 33.5. The van der Waals surface area contributed by atoms with Crippen molar-refractivity contribution in [3.8, 4) is 0 Å². The molecule has 5 nitrogen and oxygen atoms in total. The molecule has 0 bridgehead atoms. The van der Waals surface area contributed by atoms with Crippen molar-refractivity contribution in [3.05, 3.63) is 35.9 Å². The highest BCUT2D eigenvalue weighted by Gasteiger charge is 2.55. The van der Waals surface area contributed by atoms with Gasteiger partial charge in [0.25, 0.3) is 0 Å². The van der Waals surface area contributed by atoms with Gasteiger partial charge < -0.3 is 9.47 Å². The van der Waals surface area contributed by atoms with Crippen LogP contribution in [0.25, 0.3) is 0 Å². The zero-order valence-electron chi connectivity index (χ0n) is 15.3. The summed E-state index contributed by atoms with van der Waals surface area (Å²) in [4.78, 5) is 26.3. The molecule has 0 aromatic heterocycles. The molecule has 1 saturated heterocycles. The number of fused-ring (bicyclic) bond motifs is 1. The van der Waals surface area contributed by atoms with Crippen LogP contribution in [0.4, 0.5) is 4.79 Å². The van der Waals surface area contributed by atoms with E-state index in [1.54, 1.807) is 4.90 Å². The molecule has 0 radical (unpaired) electrons. The van der Waals surface area contributed by atoms with Crippen LogP contribution in [0.2, 0.25) is 0 Å². The van der Waals surface area contributed by atoms with Crippen LogP contribution < -0.4 is 0 Å². The van der Waals surface area contributed by atoms with Crippen LogP contribution in [0.5, 0.6) is 0 Å². The van der Waals surface area contributed by atoms with Gasteiger partial charge in [-0.3, -0.25) is 9.69 Å². The predicted molar refractivity (Wildman–Crippen MR) is 96.9 cm³/mol. The third kappa shape index (κ3) is 3.13. The van der Waals surface area contributed by atoms with Crippen LogP contribution in [0, 0.1) is 5.92 Å². The number of benzene rings is 1. The Kier molecular flexibility index (Phi) is 4.98. The van der Waals surface area contributed by atoms with Crippen molar-refractivity contribution >= 4 is 11.9 Å². The van der Waals surface area contributed by atoms with Gasteiger partial charge in [0.2, 0.25) is 0 Å². The number of rotatable bonds is 4. The Balaban J connectivity index is 1.31. The van der Waals surface area contributed by atoms with E-state index in [1.165, 1.54) is 12.7 Å². The van der Waals surface area contributed by atoms with Gasteiger partial charge in [-0.05, 0) is 50.0 Å². The average Bonchev–Trinajstić information content (AvgIpc) is 2.85. The molecular weight excluding hydrogens is 330 g/mol. The standard InChI is InChI=1S/C21H27NO4/c1-25-21(24)22-18-12-11-17(18)20(23)19(22)13-26-16-9-7-15(8-10-16)14-5-3-2-4-6-14/h2-6,15-19H,7-13H2,1H3/t15?,16?,17-,18+,19?/m0/s1. The number of hydrogen-bond donors (Lipinski definition) is 0. The zero-order valence-corrected chi connectivity index (χ0v) is 15.3. The quantitative estimate of drug-likeness (QED) is 0.827. The second-order valence-corrected chi connectivity index (χ2v) is 7.76. The molecule has 1 amide bonds. The van der Waals surface area contributed by atoms with Gasteiger partial charge in [0.05, 0.1) is 19.8 Å². The third-order valence-electron chi connectivity index (χ3n) is 6.45. The summed E-state index contributed by atoms with van der Waals surface area (Å²) in [6.07, 6.45) is 5.79. The summed E-state index contributed by atoms with van der Waals surface area (Å²) in [6, 6.07) is 10.2. The highest BCUT2D eigenvalue weighted by molar-refractivity contribution is 5.94. The van der Waals surface area contributed by atoms with Crippen LogP contribution in [0.15, 0.2) is 30.3 Å². The summed E-state index contributed by atoms with van der Waals surface area (Å²) in [5.41, 5.74) is 1.41. The van der Waals surface area contributed by atoms with Gasteiger partial charge >= 0.3 is 6.09 Å². The van der Waals surface area contributed by atoms with Crippen LogP contribution in [0.1, 0.15) is 50.0 Å². The van der Waals surface area contributed by atoms with Gasteiger partial charge in [0.15, 0.2) is 5.78 Å². The van der Waals surface area contributed by atoms with E-state index in [4.69, 9.17) is 9.47 Å². The van der Waals surface area contributed by atoms with E-state index >= 15 is 0 Å². The summed E-state index contributed by atoms with van der Waals surface area (Å²) in [5, 5.41) is 0. The zero-order chi connectivity index (χ0) is 18.1. The minimum Gasteiger partial charge on any atom is -0.453 e. The number of hydrogen-bond acceptors (Lipinski definition) is 4. The van der Waals surface area contributed by atoms with Gasteiger partial charge in [-0.25, -0.2) is 4.79 Å². The molecule has 2 saturated carbocycles. The van der Waals surface area contributed by atoms with E-state index in [-0.39, 0.29) is 23.8 Å². The Morgan fingerprint density at radius 2 is 1.81 bits per heavy atom. The first kappa shape index (κ1) is 17.5. The Morgan fingerprint density at radius 3 is 2.42 bits per heavy atom. The topological polar surface area (TPSA) is 55.8 Å². The summed E-state index contributed by atoms with van der Waals surface area (Å²) < 4.78 is 11.0. The second-order valence-electron chi connectivity index (χ2n) is 7.76. The number of ketones is 1. The van der Waals surface area contributed by atoms with E-state index < -0.39 is 12.1 Å². The smallest absolute Gasteiger partial charge is 0.410 e. The van der Waals surface area contributed by atoms with Gasteiger partial charge in [-0.15, -0.1) is 0 Å². The van der Waals surface area contributed by atoms with Crippen molar-refractivity contribution in [2.75, 3.05) is 13.7 Å². The third-order valence-corrected chi connectivity index (χ3v) is 6.45. The molecule has 1 aromatic rings. The Labute approximate surface area is 154 Å². The molecule has 5 heteroatoms. The monoisotopic (exact) mass is 357 g/mol. The van der Waals surface area contributed by atoms with Gasteiger partial charge in [0, 0.05) is 12.0 Å². The lowest BCUT2D eigenvalue weighted by molar-refractivity contribution is -0.125. The fraction of sp³-hybridized carbons (Fsp3) is 0.619. The fourth-order valence-corrected chi connectivity index (χ4v) is 4.81. The number of likely N-dealkylation sites (tertiary alicyclic amines) is 1. The molecule has 1 aliphatic heterocycles. The second kappa shape index (κ2) is 7.39. The van der Waals surface area contributed by atoms with Crippen LogP contribution >= 0.6 is 0 Å². The molecule has 3 fully saturated rings. The number of carbonyl (C=O) groups is 2. The number of Topliss-reactive ketones (excluding diaryl/α,β-unsaturated/α-hetero) is 1. The Bertz CT molecular complexity index is 653. The fourth-order valence-electron chi connectivity index (χ4n) is 4.81. The van der Waals surface area contributed by atoms with Crippen molar-refractivity contribution < 1.29 is 19.1 Å². The van der Waals surface area contributed by atoms with Crippen molar-refractivity contribution in [3.63, 3.8) is 0 Å². The summed E-state index contributed by atoms with van der Waals surface area (Å²) in [5.74, 6) is 0.757. The van der Waals surface area contributed by atoms with E-state index in [0.717, 1.165) is 38.5 Å². The highest BCUT2D eigenvalue weighted by Crippen LogP contribution is 2.42. The number of amides is 1. The summed E-state index contributed by atoms with van der Waals surface area (Å²) >= 11 is 0. The highest BCUT2D eigenvalue weighted by atomic mass is 16.5. The lowest BCUT2D eigenvalue weighted by Gasteiger charge is -2.35. The molecule has 2 aliphatic carbocycles. The Hall–Kier alpha value is -1.88. The first-order chi connectivity index (χ1) is 12.7. The van der Waals surface area contributed by atoms with E-state index in [1.807, 2.05) is 0 Å². The largest absolute Gasteiger partial charge is 0.453 e. The van der Waals surface area contributed by atoms with Crippen LogP contribution in [0.3, 0.4) is 0 Å². The van der Waals surface area contributed by atoms with Crippen LogP contribution in [-0.4, -0.2) is 48.7 Å². The molecule has 1 aromatic carbocycles. The average molecular weight is 357 g/mol. The molecule has 1 heterocycles. The molecule has 140 valence electrons. The summed E-state index contributed by atoms with van der Waals surface area (Å²) in [6.45, 7) is 0.307. The van der Waals surface area contributed by atoms with Gasteiger partial charge in [0.1, 0.15) is 6.04 Å². The van der Waals surface area contributed by atoms with Gasteiger partial charge in [-0.1, -0.05) is 30.3 Å². The van der Waals surface area contributed by atoms with Crippen molar-refractivity contribution in [2.24, 2.45) is 5.92 Å². The maximum absolute atomic E-state index is 12.6. The van der Waals surface area contributed by atoms with E-state index in [0.29, 0.717) is 12.5 Å². The predicted octanol–water partition coefficient (Wildman–Crippen LogP) is 3.53. The molecule has 26 heavy (non-hydrogen) atoms. The van der Waals surface area contributed by atoms with Gasteiger partial charge in [-0.2, -0.15) is 0 Å². The first-order valence-corrected chi connectivity index (χ1v) is 9.75. The lowest BCUT2D eigenvalue weighted by atomic mass is 9.79. The Morgan fingerprint density at radius 1 is 1.08 bits per heavy atom. The van der Waals surface area contributed by atoms with E-state index in [9.17, 15) is 9.59 Å². The SMILES string of the molecule is COC(=O)N1C(COC2CCC(c3ccccc3)CC2)C(=O)[C@H]2CC[C@H]21. The van der Waals surface area contributed by atoms with Crippen molar-refractivity contribution in [1.82, 2.24) is 4.90 Å².